The average molecular weight is 544 g/mol. The number of hydrogen-bond acceptors (Lipinski definition) is 7. The molecule has 0 saturated carbocycles. The molecule has 0 N–H and O–H groups in total. The van der Waals surface area contributed by atoms with Crippen LogP contribution < -0.4 is 0 Å². The molecule has 210 valence electrons. The highest BCUT2D eigenvalue weighted by molar-refractivity contribution is 5.96. The Hall–Kier alpha value is -3.53. The fraction of sp³-hybridized carbons (Fsp3) is 0.448. The van der Waals surface area contributed by atoms with Crippen LogP contribution in [0.5, 0.6) is 0 Å². The lowest BCUT2D eigenvalue weighted by atomic mass is 9.98. The Bertz CT molecular complexity index is 1200. The quantitative estimate of drug-likeness (QED) is 0.221. The number of carbonyl (C=O) groups is 1. The third-order valence-electron chi connectivity index (χ3n) is 6.70. The van der Waals surface area contributed by atoms with Crippen molar-refractivity contribution in [2.75, 3.05) is 40.3 Å². The second kappa shape index (κ2) is 14.0. The van der Waals surface area contributed by atoms with E-state index < -0.39 is 17.7 Å². The minimum Gasteiger partial charge on any atom is -0.469 e. The molecule has 10 heteroatoms. The summed E-state index contributed by atoms with van der Waals surface area (Å²) in [6.07, 6.45) is 1.49. The van der Waals surface area contributed by atoms with Crippen LogP contribution in [0.2, 0.25) is 0 Å². The number of likely N-dealkylation sites (N-methyl/N-ethyl adjacent to an activating group) is 1. The first kappa shape index (κ1) is 30.0. The van der Waals surface area contributed by atoms with E-state index in [1.807, 2.05) is 13.0 Å². The Balaban J connectivity index is 1.90. The van der Waals surface area contributed by atoms with Crippen LogP contribution in [-0.2, 0) is 35.0 Å². The van der Waals surface area contributed by atoms with E-state index in [4.69, 9.17) is 4.74 Å². The van der Waals surface area contributed by atoms with Crippen LogP contribution in [0, 0.1) is 0 Å². The number of alkyl halides is 3. The monoisotopic (exact) mass is 543 g/mol. The van der Waals surface area contributed by atoms with Crippen molar-refractivity contribution in [2.45, 2.75) is 45.2 Å². The molecule has 39 heavy (non-hydrogen) atoms. The molecule has 0 unspecified atom stereocenters. The maximum absolute atomic E-state index is 13.8. The molecule has 1 aromatic carbocycles. The van der Waals surface area contributed by atoms with Crippen molar-refractivity contribution in [2.24, 2.45) is 4.99 Å². The number of hydrogen-bond donors (Lipinski definition) is 0. The minimum atomic E-state index is -4.60. The summed E-state index contributed by atoms with van der Waals surface area (Å²) in [5.74, 6) is -0.425. The van der Waals surface area contributed by atoms with Gasteiger partial charge in [0, 0.05) is 43.8 Å². The number of benzene rings is 1. The van der Waals surface area contributed by atoms with Gasteiger partial charge in [-0.3, -0.25) is 4.79 Å². The van der Waals surface area contributed by atoms with Crippen LogP contribution in [0.4, 0.5) is 19.1 Å². The van der Waals surface area contributed by atoms with Crippen molar-refractivity contribution < 1.29 is 22.7 Å². The predicted molar refractivity (Wildman–Crippen MR) is 146 cm³/mol. The van der Waals surface area contributed by atoms with E-state index in [9.17, 15) is 18.0 Å². The highest BCUT2D eigenvalue weighted by Crippen LogP contribution is 2.32. The van der Waals surface area contributed by atoms with Crippen LogP contribution >= 0.6 is 0 Å². The molecule has 0 bridgehead atoms. The lowest BCUT2D eigenvalue weighted by molar-refractivity contribution is -0.140. The molecule has 1 aliphatic rings. The van der Waals surface area contributed by atoms with E-state index in [2.05, 4.69) is 38.4 Å². The standard InChI is InChI=1S/C29H36F3N5O2/c1-5-6-11-24(18-21(2)37-16-14-36(3)15-17-37)34-28-33-20-25(29(30,31)32)26(35-28)13-12-22-9-7-8-10-23(22)19-27(38)39-4/h5,7-10,18,20H,1,6,11-17,19H2,2-4H3/b21-18+,34-24?. The van der Waals surface area contributed by atoms with Crippen LogP contribution in [-0.4, -0.2) is 71.8 Å². The SMILES string of the molecule is C=CCCC(/C=C(\C)N1CCN(C)CC1)=Nc1ncc(C(F)(F)F)c(CCc2ccccc2CC(=O)OC)n1. The van der Waals surface area contributed by atoms with E-state index in [0.717, 1.165) is 43.6 Å². The zero-order valence-corrected chi connectivity index (χ0v) is 22.8. The predicted octanol–water partition coefficient (Wildman–Crippen LogP) is 5.19. The van der Waals surface area contributed by atoms with Gasteiger partial charge in [0.05, 0.1) is 24.8 Å². The summed E-state index contributed by atoms with van der Waals surface area (Å²) in [5.41, 5.74) is 2.18. The molecule has 0 atom stereocenters. The molecule has 1 saturated heterocycles. The number of carbonyl (C=O) groups excluding carboxylic acids is 1. The second-order valence-corrected chi connectivity index (χ2v) is 9.56. The number of aromatic nitrogens is 2. The molecule has 2 heterocycles. The van der Waals surface area contributed by atoms with Gasteiger partial charge in [-0.05, 0) is 56.9 Å². The highest BCUT2D eigenvalue weighted by Gasteiger charge is 2.35. The molecular weight excluding hydrogens is 507 g/mol. The molecule has 0 aliphatic carbocycles. The first-order valence-electron chi connectivity index (χ1n) is 13.0. The maximum Gasteiger partial charge on any atom is 0.419 e. The first-order chi connectivity index (χ1) is 18.6. The van der Waals surface area contributed by atoms with Crippen molar-refractivity contribution in [3.05, 3.63) is 77.3 Å². The normalized spacial score (nSPS) is 15.4. The lowest BCUT2D eigenvalue weighted by Crippen LogP contribution is -2.43. The molecule has 0 amide bonds. The smallest absolute Gasteiger partial charge is 0.419 e. The number of methoxy groups -OCH3 is 1. The van der Waals surface area contributed by atoms with Crippen LogP contribution in [0.1, 0.15) is 42.1 Å². The van der Waals surface area contributed by atoms with Gasteiger partial charge in [-0.1, -0.05) is 30.3 Å². The number of allylic oxidation sites excluding steroid dienone is 3. The van der Waals surface area contributed by atoms with E-state index in [1.165, 1.54) is 7.11 Å². The van der Waals surface area contributed by atoms with Gasteiger partial charge in [0.2, 0.25) is 5.95 Å². The summed E-state index contributed by atoms with van der Waals surface area (Å²) in [4.78, 5) is 29.1. The van der Waals surface area contributed by atoms with Crippen molar-refractivity contribution in [1.29, 1.82) is 0 Å². The summed E-state index contributed by atoms with van der Waals surface area (Å²) in [6, 6.07) is 7.14. The Labute approximate surface area is 228 Å². The molecule has 0 spiro atoms. The summed E-state index contributed by atoms with van der Waals surface area (Å²) in [5, 5.41) is 0. The van der Waals surface area contributed by atoms with Gasteiger partial charge in [0.15, 0.2) is 0 Å². The van der Waals surface area contributed by atoms with Crippen LogP contribution in [0.15, 0.2) is 59.9 Å². The zero-order chi connectivity index (χ0) is 28.4. The van der Waals surface area contributed by atoms with E-state index in [1.54, 1.807) is 30.3 Å². The summed E-state index contributed by atoms with van der Waals surface area (Å²) in [6.45, 7) is 9.49. The Kier molecular flexibility index (Phi) is 10.8. The lowest BCUT2D eigenvalue weighted by Gasteiger charge is -2.34. The fourth-order valence-electron chi connectivity index (χ4n) is 4.37. The topological polar surface area (TPSA) is 70.9 Å². The number of aliphatic imine (C=N–C) groups is 1. The fourth-order valence-corrected chi connectivity index (χ4v) is 4.37. The number of nitrogens with zero attached hydrogens (tertiary/aromatic N) is 5. The molecule has 3 rings (SSSR count). The number of rotatable bonds is 11. The zero-order valence-electron chi connectivity index (χ0n) is 22.8. The highest BCUT2D eigenvalue weighted by atomic mass is 19.4. The van der Waals surface area contributed by atoms with Gasteiger partial charge in [-0.25, -0.2) is 15.0 Å². The van der Waals surface area contributed by atoms with Crippen molar-refractivity contribution in [1.82, 2.24) is 19.8 Å². The van der Waals surface area contributed by atoms with Gasteiger partial charge in [-0.15, -0.1) is 6.58 Å². The third kappa shape index (κ3) is 9.02. The number of halogens is 3. The van der Waals surface area contributed by atoms with Crippen molar-refractivity contribution >= 4 is 17.6 Å². The minimum absolute atomic E-state index is 0.0101. The molecule has 1 fully saturated rings. The number of esters is 1. The van der Waals surface area contributed by atoms with Crippen molar-refractivity contribution in [3.8, 4) is 0 Å². The van der Waals surface area contributed by atoms with Gasteiger partial charge in [0.25, 0.3) is 0 Å². The second-order valence-electron chi connectivity index (χ2n) is 9.56. The molecule has 2 aromatic rings. The Morgan fingerprint density at radius 2 is 1.85 bits per heavy atom. The van der Waals surface area contributed by atoms with E-state index >= 15 is 0 Å². The van der Waals surface area contributed by atoms with Crippen molar-refractivity contribution in [3.63, 3.8) is 0 Å². The number of aryl methyl sites for hydroxylation is 2. The Morgan fingerprint density at radius 3 is 2.49 bits per heavy atom. The summed E-state index contributed by atoms with van der Waals surface area (Å²) in [7, 11) is 3.39. The summed E-state index contributed by atoms with van der Waals surface area (Å²) < 4.78 is 46.2. The van der Waals surface area contributed by atoms with Crippen LogP contribution in [0.3, 0.4) is 0 Å². The molecule has 1 aliphatic heterocycles. The largest absolute Gasteiger partial charge is 0.469 e. The maximum atomic E-state index is 13.8. The van der Waals surface area contributed by atoms with Gasteiger partial charge < -0.3 is 14.5 Å². The van der Waals surface area contributed by atoms with E-state index in [0.29, 0.717) is 24.1 Å². The number of piperazine rings is 1. The van der Waals surface area contributed by atoms with Gasteiger partial charge in [-0.2, -0.15) is 13.2 Å². The van der Waals surface area contributed by atoms with E-state index in [-0.39, 0.29) is 30.9 Å². The molecule has 0 radical (unpaired) electrons. The average Bonchev–Trinajstić information content (AvgIpc) is 2.91. The first-order valence-corrected chi connectivity index (χ1v) is 13.0. The van der Waals surface area contributed by atoms with Gasteiger partial charge in [0.1, 0.15) is 0 Å². The van der Waals surface area contributed by atoms with Gasteiger partial charge >= 0.3 is 12.1 Å². The van der Waals surface area contributed by atoms with Crippen LogP contribution in [0.25, 0.3) is 0 Å². The molecular formula is C29H36F3N5O2. The molecule has 1 aromatic heterocycles. The number of ether oxygens (including phenoxy) is 1. The summed E-state index contributed by atoms with van der Waals surface area (Å²) >= 11 is 0. The Morgan fingerprint density at radius 1 is 1.15 bits per heavy atom. The third-order valence-corrected chi connectivity index (χ3v) is 6.70. The molecule has 7 nitrogen and oxygen atoms in total.